The van der Waals surface area contributed by atoms with Gasteiger partial charge in [-0.2, -0.15) is 9.61 Å². The van der Waals surface area contributed by atoms with Crippen LogP contribution >= 0.6 is 0 Å². The third-order valence-corrected chi connectivity index (χ3v) is 4.23. The smallest absolute Gasteiger partial charge is 0.200 e. The first kappa shape index (κ1) is 17.0. The van der Waals surface area contributed by atoms with E-state index < -0.39 is 0 Å². The number of aryl methyl sites for hydroxylation is 1. The van der Waals surface area contributed by atoms with Crippen LogP contribution in [0.2, 0.25) is 0 Å². The maximum atomic E-state index is 5.43. The highest BCUT2D eigenvalue weighted by Crippen LogP contribution is 2.32. The van der Waals surface area contributed by atoms with Gasteiger partial charge in [-0.3, -0.25) is 0 Å². The summed E-state index contributed by atoms with van der Waals surface area (Å²) < 4.78 is 12.5. The fourth-order valence-electron chi connectivity index (χ4n) is 2.84. The van der Waals surface area contributed by atoms with E-state index in [1.807, 2.05) is 24.3 Å². The SMILES string of the molecule is CCc1cc(NC(CC)c2ccc(OC)c(OC)c2)c2nncn2n1. The van der Waals surface area contributed by atoms with Gasteiger partial charge < -0.3 is 14.8 Å². The van der Waals surface area contributed by atoms with Gasteiger partial charge in [0.15, 0.2) is 11.5 Å². The largest absolute Gasteiger partial charge is 0.493 e. The first-order valence-electron chi connectivity index (χ1n) is 8.38. The van der Waals surface area contributed by atoms with Gasteiger partial charge in [0, 0.05) is 0 Å². The standard InChI is InChI=1S/C18H23N5O2/c1-5-13-10-15(18-21-19-11-23(18)22-13)20-14(6-2)12-7-8-16(24-3)17(9-12)25-4/h7-11,14,20H,5-6H2,1-4H3. The lowest BCUT2D eigenvalue weighted by Gasteiger charge is -2.20. The molecular formula is C18H23N5O2. The molecule has 0 spiro atoms. The molecule has 7 nitrogen and oxygen atoms in total. The molecule has 2 aromatic heterocycles. The van der Waals surface area contributed by atoms with Crippen molar-refractivity contribution in [1.29, 1.82) is 0 Å². The minimum Gasteiger partial charge on any atom is -0.493 e. The number of hydrogen-bond acceptors (Lipinski definition) is 6. The van der Waals surface area contributed by atoms with Crippen LogP contribution in [-0.4, -0.2) is 34.0 Å². The summed E-state index contributed by atoms with van der Waals surface area (Å²) in [5.41, 5.74) is 3.74. The molecule has 0 saturated carbocycles. The minimum atomic E-state index is 0.104. The molecule has 132 valence electrons. The second-order valence-corrected chi connectivity index (χ2v) is 5.72. The van der Waals surface area contributed by atoms with Gasteiger partial charge in [-0.1, -0.05) is 19.9 Å². The van der Waals surface area contributed by atoms with Gasteiger partial charge in [-0.05, 0) is 36.6 Å². The van der Waals surface area contributed by atoms with Crippen molar-refractivity contribution < 1.29 is 9.47 Å². The van der Waals surface area contributed by atoms with E-state index in [0.29, 0.717) is 0 Å². The number of aromatic nitrogens is 4. The first-order chi connectivity index (χ1) is 12.2. The number of benzene rings is 1. The van der Waals surface area contributed by atoms with Crippen molar-refractivity contribution in [3.63, 3.8) is 0 Å². The number of ether oxygens (including phenoxy) is 2. The third kappa shape index (κ3) is 3.35. The highest BCUT2D eigenvalue weighted by atomic mass is 16.5. The molecule has 1 unspecified atom stereocenters. The molecule has 0 radical (unpaired) electrons. The summed E-state index contributed by atoms with van der Waals surface area (Å²) >= 11 is 0. The van der Waals surface area contributed by atoms with Gasteiger partial charge in [-0.25, -0.2) is 0 Å². The molecule has 0 aliphatic carbocycles. The van der Waals surface area contributed by atoms with E-state index >= 15 is 0 Å². The maximum absolute atomic E-state index is 5.43. The van der Waals surface area contributed by atoms with Crippen LogP contribution in [-0.2, 0) is 6.42 Å². The number of hydrogen-bond donors (Lipinski definition) is 1. The lowest BCUT2D eigenvalue weighted by molar-refractivity contribution is 0.354. The van der Waals surface area contributed by atoms with E-state index in [1.54, 1.807) is 25.1 Å². The van der Waals surface area contributed by atoms with E-state index in [0.717, 1.165) is 46.9 Å². The highest BCUT2D eigenvalue weighted by molar-refractivity contribution is 5.67. The molecule has 1 atom stereocenters. The Labute approximate surface area is 147 Å². The number of nitrogens with one attached hydrogen (secondary N) is 1. The van der Waals surface area contributed by atoms with E-state index in [1.165, 1.54) is 0 Å². The van der Waals surface area contributed by atoms with Crippen LogP contribution in [0, 0.1) is 0 Å². The highest BCUT2D eigenvalue weighted by Gasteiger charge is 2.16. The first-order valence-corrected chi connectivity index (χ1v) is 8.38. The van der Waals surface area contributed by atoms with Crippen molar-refractivity contribution in [3.8, 4) is 11.5 Å². The molecule has 0 aliphatic heterocycles. The number of anilines is 1. The fourth-order valence-corrected chi connectivity index (χ4v) is 2.84. The second kappa shape index (κ2) is 7.38. The van der Waals surface area contributed by atoms with Crippen LogP contribution in [0.25, 0.3) is 5.65 Å². The fraction of sp³-hybridized carbons (Fsp3) is 0.389. The number of rotatable bonds is 7. The Morgan fingerprint density at radius 3 is 2.60 bits per heavy atom. The Bertz CT molecular complexity index is 862. The molecule has 25 heavy (non-hydrogen) atoms. The lowest BCUT2D eigenvalue weighted by Crippen LogP contribution is -2.12. The number of fused-ring (bicyclic) bond motifs is 1. The number of nitrogens with zero attached hydrogens (tertiary/aromatic N) is 4. The van der Waals surface area contributed by atoms with Crippen molar-refractivity contribution in [2.75, 3.05) is 19.5 Å². The Hall–Kier alpha value is -2.83. The maximum Gasteiger partial charge on any atom is 0.200 e. The van der Waals surface area contributed by atoms with Gasteiger partial charge >= 0.3 is 0 Å². The van der Waals surface area contributed by atoms with Crippen LogP contribution in [0.15, 0.2) is 30.6 Å². The van der Waals surface area contributed by atoms with Gasteiger partial charge in [0.2, 0.25) is 5.65 Å². The molecule has 0 saturated heterocycles. The molecule has 0 amide bonds. The van der Waals surface area contributed by atoms with E-state index in [2.05, 4.69) is 34.5 Å². The normalized spacial score (nSPS) is 12.2. The van der Waals surface area contributed by atoms with Crippen molar-refractivity contribution in [2.45, 2.75) is 32.7 Å². The molecule has 0 aliphatic rings. The summed E-state index contributed by atoms with van der Waals surface area (Å²) in [6, 6.07) is 8.12. The van der Waals surface area contributed by atoms with Crippen LogP contribution in [0.3, 0.4) is 0 Å². The van der Waals surface area contributed by atoms with Crippen LogP contribution in [0.4, 0.5) is 5.69 Å². The molecular weight excluding hydrogens is 318 g/mol. The molecule has 0 bridgehead atoms. The summed E-state index contributed by atoms with van der Waals surface area (Å²) in [6.07, 6.45) is 3.37. The molecule has 3 rings (SSSR count). The minimum absolute atomic E-state index is 0.104. The van der Waals surface area contributed by atoms with Crippen LogP contribution in [0.5, 0.6) is 11.5 Å². The Morgan fingerprint density at radius 1 is 1.12 bits per heavy atom. The third-order valence-electron chi connectivity index (χ3n) is 4.23. The van der Waals surface area contributed by atoms with Gasteiger partial charge in [0.25, 0.3) is 0 Å². The Morgan fingerprint density at radius 2 is 1.92 bits per heavy atom. The van der Waals surface area contributed by atoms with Gasteiger partial charge in [0.05, 0.1) is 31.6 Å². The monoisotopic (exact) mass is 341 g/mol. The molecule has 0 fully saturated rings. The van der Waals surface area contributed by atoms with Crippen LogP contribution < -0.4 is 14.8 Å². The van der Waals surface area contributed by atoms with Crippen molar-refractivity contribution in [1.82, 2.24) is 19.8 Å². The van der Waals surface area contributed by atoms with Crippen molar-refractivity contribution >= 4 is 11.3 Å². The molecule has 1 N–H and O–H groups in total. The summed E-state index contributed by atoms with van der Waals surface area (Å²) in [5.74, 6) is 1.44. The molecule has 3 aromatic rings. The summed E-state index contributed by atoms with van der Waals surface area (Å²) in [6.45, 7) is 4.21. The quantitative estimate of drug-likeness (QED) is 0.711. The average molecular weight is 341 g/mol. The zero-order chi connectivity index (χ0) is 17.8. The topological polar surface area (TPSA) is 73.6 Å². The van der Waals surface area contributed by atoms with Crippen molar-refractivity contribution in [2.24, 2.45) is 0 Å². The predicted molar refractivity (Wildman–Crippen MR) is 96.4 cm³/mol. The zero-order valence-electron chi connectivity index (χ0n) is 15.0. The summed E-state index contributed by atoms with van der Waals surface area (Å²) in [5, 5.41) is 16.2. The van der Waals surface area contributed by atoms with E-state index in [9.17, 15) is 0 Å². The molecule has 2 heterocycles. The van der Waals surface area contributed by atoms with E-state index in [-0.39, 0.29) is 6.04 Å². The zero-order valence-corrected chi connectivity index (χ0v) is 15.0. The Balaban J connectivity index is 1.96. The second-order valence-electron chi connectivity index (χ2n) is 5.72. The van der Waals surface area contributed by atoms with Crippen LogP contribution in [0.1, 0.15) is 37.6 Å². The van der Waals surface area contributed by atoms with E-state index in [4.69, 9.17) is 9.47 Å². The predicted octanol–water partition coefficient (Wildman–Crippen LogP) is 3.27. The Kier molecular flexibility index (Phi) is 5.02. The molecule has 1 aromatic carbocycles. The average Bonchev–Trinajstić information content (AvgIpc) is 3.13. The summed E-state index contributed by atoms with van der Waals surface area (Å²) in [4.78, 5) is 0. The molecule has 7 heteroatoms. The van der Waals surface area contributed by atoms with Gasteiger partial charge in [-0.15, -0.1) is 10.2 Å². The van der Waals surface area contributed by atoms with Gasteiger partial charge in [0.1, 0.15) is 6.33 Å². The van der Waals surface area contributed by atoms with Crippen molar-refractivity contribution in [3.05, 3.63) is 41.9 Å². The summed E-state index contributed by atoms with van der Waals surface area (Å²) in [7, 11) is 3.28. The number of methoxy groups -OCH3 is 2. The lowest BCUT2D eigenvalue weighted by atomic mass is 10.0.